The highest BCUT2D eigenvalue weighted by atomic mass is 35.5. The summed E-state index contributed by atoms with van der Waals surface area (Å²) < 4.78 is 34.5. The number of carboxylic acids is 1. The third-order valence-electron chi connectivity index (χ3n) is 4.72. The maximum absolute atomic E-state index is 13.1. The smallest absolute Gasteiger partial charge is 0.243 e. The molecule has 0 radical (unpaired) electrons. The van der Waals surface area contributed by atoms with Crippen molar-refractivity contribution in [3.05, 3.63) is 53.6 Å². The molecule has 4 rings (SSSR count). The second-order valence-electron chi connectivity index (χ2n) is 6.83. The van der Waals surface area contributed by atoms with Crippen LogP contribution >= 0.6 is 23.4 Å². The zero-order valence-electron chi connectivity index (χ0n) is 16.7. The lowest BCUT2D eigenvalue weighted by atomic mass is 10.2. The van der Waals surface area contributed by atoms with Gasteiger partial charge in [-0.2, -0.15) is 4.31 Å². The van der Waals surface area contributed by atoms with Crippen molar-refractivity contribution < 1.29 is 23.1 Å². The van der Waals surface area contributed by atoms with Gasteiger partial charge in [0, 0.05) is 29.4 Å². The monoisotopic (exact) mass is 493 g/mol. The second kappa shape index (κ2) is 9.59. The van der Waals surface area contributed by atoms with Crippen molar-refractivity contribution in [1.29, 1.82) is 0 Å². The molecule has 2 heterocycles. The normalized spacial score (nSPS) is 15.0. The zero-order valence-corrected chi connectivity index (χ0v) is 19.1. The summed E-state index contributed by atoms with van der Waals surface area (Å²) in [5, 5.41) is 20.1. The van der Waals surface area contributed by atoms with E-state index < -0.39 is 16.0 Å². The molecule has 0 aliphatic carbocycles. The van der Waals surface area contributed by atoms with Crippen LogP contribution < -0.4 is 5.11 Å². The van der Waals surface area contributed by atoms with E-state index >= 15 is 0 Å². The molecule has 1 aliphatic heterocycles. The van der Waals surface area contributed by atoms with E-state index in [0.717, 1.165) is 11.8 Å². The first-order chi connectivity index (χ1) is 15.4. The summed E-state index contributed by atoms with van der Waals surface area (Å²) in [6.45, 7) is 1.27. The van der Waals surface area contributed by atoms with Crippen LogP contribution in [0.4, 0.5) is 0 Å². The molecule has 0 unspecified atom stereocenters. The Morgan fingerprint density at radius 2 is 1.88 bits per heavy atom. The van der Waals surface area contributed by atoms with Crippen molar-refractivity contribution in [3.8, 4) is 17.1 Å². The molecule has 168 valence electrons. The largest absolute Gasteiger partial charge is 0.549 e. The van der Waals surface area contributed by atoms with Gasteiger partial charge in [0.05, 0.1) is 29.8 Å². The summed E-state index contributed by atoms with van der Waals surface area (Å²) in [7, 11) is -3.71. The number of aliphatic carboxylic acids is 1. The van der Waals surface area contributed by atoms with Crippen LogP contribution in [0.25, 0.3) is 17.1 Å². The van der Waals surface area contributed by atoms with Gasteiger partial charge < -0.3 is 14.6 Å². The molecule has 0 N–H and O–H groups in total. The minimum absolute atomic E-state index is 0.126. The van der Waals surface area contributed by atoms with Crippen LogP contribution in [-0.4, -0.2) is 65.5 Å². The number of ether oxygens (including phenoxy) is 1. The third kappa shape index (κ3) is 4.81. The van der Waals surface area contributed by atoms with E-state index in [-0.39, 0.29) is 23.7 Å². The SMILES string of the molecule is O=C([O-])CSc1nnc(-c2cccc(S(=O)(=O)N3CCOCC3)c2)n1-c1cccc(Cl)c1. The summed E-state index contributed by atoms with van der Waals surface area (Å²) in [5.74, 6) is -1.20. The first-order valence-corrected chi connectivity index (χ1v) is 12.4. The van der Waals surface area contributed by atoms with Gasteiger partial charge in [-0.15, -0.1) is 10.2 Å². The van der Waals surface area contributed by atoms with Gasteiger partial charge in [0.15, 0.2) is 11.0 Å². The van der Waals surface area contributed by atoms with E-state index in [1.165, 1.54) is 16.4 Å². The van der Waals surface area contributed by atoms with Crippen LogP contribution in [0.15, 0.2) is 58.6 Å². The Balaban J connectivity index is 1.78. The van der Waals surface area contributed by atoms with E-state index in [9.17, 15) is 18.3 Å². The molecule has 1 aromatic heterocycles. The van der Waals surface area contributed by atoms with Gasteiger partial charge in [0.1, 0.15) is 0 Å². The highest BCUT2D eigenvalue weighted by Crippen LogP contribution is 2.30. The molecule has 9 nitrogen and oxygen atoms in total. The number of morpholine rings is 1. The second-order valence-corrected chi connectivity index (χ2v) is 10.1. The number of sulfonamides is 1. The number of carboxylic acid groups (broad SMARTS) is 1. The first-order valence-electron chi connectivity index (χ1n) is 9.58. The lowest BCUT2D eigenvalue weighted by Crippen LogP contribution is -2.40. The minimum atomic E-state index is -3.71. The van der Waals surface area contributed by atoms with E-state index in [0.29, 0.717) is 40.5 Å². The Kier molecular flexibility index (Phi) is 6.82. The molecule has 32 heavy (non-hydrogen) atoms. The molecule has 0 atom stereocenters. The van der Waals surface area contributed by atoms with Gasteiger partial charge in [-0.05, 0) is 30.3 Å². The van der Waals surface area contributed by atoms with Crippen LogP contribution in [0.5, 0.6) is 0 Å². The van der Waals surface area contributed by atoms with E-state index in [1.54, 1.807) is 41.0 Å². The zero-order chi connectivity index (χ0) is 22.7. The van der Waals surface area contributed by atoms with Gasteiger partial charge >= 0.3 is 0 Å². The highest BCUT2D eigenvalue weighted by Gasteiger charge is 2.27. The number of hydrogen-bond acceptors (Lipinski definition) is 8. The van der Waals surface area contributed by atoms with Gasteiger partial charge in [0.2, 0.25) is 10.0 Å². The standard InChI is InChI=1S/C20H19ClN4O5S2/c21-15-4-2-5-16(12-15)25-19(22-23-20(25)31-13-18(26)27)14-3-1-6-17(11-14)32(28,29)24-7-9-30-10-8-24/h1-6,11-12H,7-10,13H2,(H,26,27)/p-1. The number of rotatable bonds is 7. The molecule has 12 heteroatoms. The van der Waals surface area contributed by atoms with Crippen molar-refractivity contribution in [2.75, 3.05) is 32.1 Å². The van der Waals surface area contributed by atoms with Crippen molar-refractivity contribution in [3.63, 3.8) is 0 Å². The van der Waals surface area contributed by atoms with Gasteiger partial charge in [0.25, 0.3) is 0 Å². The fourth-order valence-electron chi connectivity index (χ4n) is 3.25. The van der Waals surface area contributed by atoms with E-state index in [2.05, 4.69) is 10.2 Å². The van der Waals surface area contributed by atoms with Gasteiger partial charge in [-0.25, -0.2) is 8.42 Å². The quantitative estimate of drug-likeness (QED) is 0.454. The number of benzene rings is 2. The van der Waals surface area contributed by atoms with Crippen molar-refractivity contribution in [2.24, 2.45) is 0 Å². The van der Waals surface area contributed by atoms with Crippen molar-refractivity contribution in [1.82, 2.24) is 19.1 Å². The molecule has 0 bridgehead atoms. The molecule has 0 spiro atoms. The molecule has 2 aromatic carbocycles. The summed E-state index contributed by atoms with van der Waals surface area (Å²) in [5.41, 5.74) is 1.12. The Labute approximate surface area is 194 Å². The molecule has 1 aliphatic rings. The lowest BCUT2D eigenvalue weighted by molar-refractivity contribution is -0.301. The average Bonchev–Trinajstić information content (AvgIpc) is 3.22. The topological polar surface area (TPSA) is 117 Å². The van der Waals surface area contributed by atoms with Crippen molar-refractivity contribution >= 4 is 39.4 Å². The van der Waals surface area contributed by atoms with Gasteiger partial charge in [-0.3, -0.25) is 4.57 Å². The van der Waals surface area contributed by atoms with Crippen molar-refractivity contribution in [2.45, 2.75) is 10.1 Å². The van der Waals surface area contributed by atoms with E-state index in [1.807, 2.05) is 0 Å². The lowest BCUT2D eigenvalue weighted by Gasteiger charge is -2.26. The van der Waals surface area contributed by atoms with Crippen LogP contribution in [0.2, 0.25) is 5.02 Å². The average molecular weight is 494 g/mol. The number of halogens is 1. The Bertz CT molecular complexity index is 1240. The predicted octanol–water partition coefficient (Wildman–Crippen LogP) is 1.45. The van der Waals surface area contributed by atoms with Crippen LogP contribution in [0.1, 0.15) is 0 Å². The summed E-state index contributed by atoms with van der Waals surface area (Å²) >= 11 is 7.10. The maximum Gasteiger partial charge on any atom is 0.243 e. The summed E-state index contributed by atoms with van der Waals surface area (Å²) in [6, 6.07) is 13.3. The highest BCUT2D eigenvalue weighted by molar-refractivity contribution is 7.99. The number of aromatic nitrogens is 3. The van der Waals surface area contributed by atoms with Gasteiger partial charge in [-0.1, -0.05) is 41.6 Å². The molecule has 1 fully saturated rings. The predicted molar refractivity (Wildman–Crippen MR) is 117 cm³/mol. The Morgan fingerprint density at radius 1 is 1.12 bits per heavy atom. The summed E-state index contributed by atoms with van der Waals surface area (Å²) in [6.07, 6.45) is 0. The Hall–Kier alpha value is -2.44. The fraction of sp³-hybridized carbons (Fsp3) is 0.250. The number of thioether (sulfide) groups is 1. The third-order valence-corrected chi connectivity index (χ3v) is 7.75. The maximum atomic E-state index is 13.1. The fourth-order valence-corrected chi connectivity index (χ4v) is 5.56. The molecule has 0 amide bonds. The number of nitrogens with zero attached hydrogens (tertiary/aromatic N) is 4. The van der Waals surface area contributed by atoms with Crippen LogP contribution in [-0.2, 0) is 19.6 Å². The number of hydrogen-bond donors (Lipinski definition) is 0. The first kappa shape index (κ1) is 22.7. The minimum Gasteiger partial charge on any atom is -0.549 e. The van der Waals surface area contributed by atoms with E-state index in [4.69, 9.17) is 16.3 Å². The van der Waals surface area contributed by atoms with Crippen LogP contribution in [0, 0.1) is 0 Å². The van der Waals surface area contributed by atoms with Crippen LogP contribution in [0.3, 0.4) is 0 Å². The molecular weight excluding hydrogens is 476 g/mol. The number of carbonyl (C=O) groups is 1. The summed E-state index contributed by atoms with van der Waals surface area (Å²) in [4.78, 5) is 11.1. The molecule has 3 aromatic rings. The molecule has 1 saturated heterocycles. The Morgan fingerprint density at radius 3 is 2.59 bits per heavy atom. The molecular formula is C20H18ClN4O5S2-. The molecule has 0 saturated carbocycles. The number of carbonyl (C=O) groups excluding carboxylic acids is 1.